The lowest BCUT2D eigenvalue weighted by molar-refractivity contribution is -0.384. The monoisotopic (exact) mass is 572 g/mol. The van der Waals surface area contributed by atoms with Crippen molar-refractivity contribution in [1.82, 2.24) is 10.2 Å². The zero-order valence-corrected chi connectivity index (χ0v) is 23.2. The number of hydrogen-bond donors (Lipinski definition) is 2. The molecule has 208 valence electrons. The van der Waals surface area contributed by atoms with Crippen LogP contribution < -0.4 is 15.8 Å². The van der Waals surface area contributed by atoms with Gasteiger partial charge in [-0.1, -0.05) is 30.3 Å². The number of benzene rings is 2. The van der Waals surface area contributed by atoms with E-state index in [-0.39, 0.29) is 28.0 Å². The molecule has 0 saturated carbocycles. The van der Waals surface area contributed by atoms with Gasteiger partial charge >= 0.3 is 0 Å². The maximum absolute atomic E-state index is 13.1. The molecule has 1 aromatic heterocycles. The maximum Gasteiger partial charge on any atom is 0.270 e. The first-order chi connectivity index (χ1) is 18.6. The summed E-state index contributed by atoms with van der Waals surface area (Å²) in [5.74, 6) is 0.433. The Kier molecular flexibility index (Phi) is 10.8. The fraction of sp³-hybridized carbons (Fsp3) is 0.296. The normalized spacial score (nSPS) is 14.9. The van der Waals surface area contributed by atoms with Crippen LogP contribution in [0.25, 0.3) is 0 Å². The van der Waals surface area contributed by atoms with Crippen LogP contribution in [0.2, 0.25) is 0 Å². The van der Waals surface area contributed by atoms with Crippen molar-refractivity contribution in [2.24, 2.45) is 5.73 Å². The first-order valence-corrected chi connectivity index (χ1v) is 14.6. The summed E-state index contributed by atoms with van der Waals surface area (Å²) in [5, 5.41) is 12.7. The molecule has 39 heavy (non-hydrogen) atoms. The summed E-state index contributed by atoms with van der Waals surface area (Å²) in [4.78, 5) is 25.1. The lowest BCUT2D eigenvalue weighted by Gasteiger charge is -2.34. The van der Waals surface area contributed by atoms with E-state index in [1.807, 2.05) is 35.2 Å². The minimum atomic E-state index is -3.66. The molecule has 2 aromatic carbocycles. The van der Waals surface area contributed by atoms with Crippen molar-refractivity contribution in [3.05, 3.63) is 99.9 Å². The number of carbonyl (C=O) groups excluding carboxylic acids is 1. The highest BCUT2D eigenvalue weighted by Crippen LogP contribution is 2.28. The summed E-state index contributed by atoms with van der Waals surface area (Å²) >= 11 is 1.08. The average molecular weight is 573 g/mol. The number of methoxy groups -OCH3 is 1. The Morgan fingerprint density at radius 2 is 1.90 bits per heavy atom. The van der Waals surface area contributed by atoms with Crippen LogP contribution in [0.3, 0.4) is 0 Å². The third-order valence-electron chi connectivity index (χ3n) is 6.09. The molecule has 1 aliphatic heterocycles. The number of likely N-dealkylation sites (tertiary alicyclic amines) is 1. The van der Waals surface area contributed by atoms with E-state index in [0.29, 0.717) is 18.0 Å². The number of amides is 1. The Hall–Kier alpha value is -3.58. The molecule has 3 N–H and O–H groups in total. The van der Waals surface area contributed by atoms with Crippen LogP contribution in [-0.2, 0) is 16.4 Å². The molecule has 1 amide bonds. The third kappa shape index (κ3) is 8.20. The molecule has 1 unspecified atom stereocenters. The summed E-state index contributed by atoms with van der Waals surface area (Å²) in [6.45, 7) is 5.01. The Morgan fingerprint density at radius 1 is 1.21 bits per heavy atom. The summed E-state index contributed by atoms with van der Waals surface area (Å²) < 4.78 is 31.4. The first kappa shape index (κ1) is 30.0. The molecule has 0 bridgehead atoms. The lowest BCUT2D eigenvalue weighted by atomic mass is 10.1. The summed E-state index contributed by atoms with van der Waals surface area (Å²) in [5.41, 5.74) is 5.90. The van der Waals surface area contributed by atoms with Crippen molar-refractivity contribution in [2.45, 2.75) is 35.0 Å². The Labute approximate surface area is 232 Å². The summed E-state index contributed by atoms with van der Waals surface area (Å²) in [6.07, 6.45) is 2.91. The van der Waals surface area contributed by atoms with Gasteiger partial charge in [-0.25, -0.2) is 8.42 Å². The number of non-ortho nitro benzene ring substituents is 1. The van der Waals surface area contributed by atoms with Crippen LogP contribution in [-0.4, -0.2) is 55.8 Å². The SMILES string of the molecule is C=CC(N1CCC(N)CC1)S(=O)(=O)c1ccc(CNC(=O)c2cccc([N+](=O)[O-])c2)s1.COc1ccccc1. The van der Waals surface area contributed by atoms with Crippen LogP contribution in [0.1, 0.15) is 28.1 Å². The molecule has 0 aliphatic carbocycles. The van der Waals surface area contributed by atoms with E-state index in [1.54, 1.807) is 13.2 Å². The number of carbonyl (C=O) groups is 1. The van der Waals surface area contributed by atoms with Crippen molar-refractivity contribution in [1.29, 1.82) is 0 Å². The average Bonchev–Trinajstić information content (AvgIpc) is 3.44. The van der Waals surface area contributed by atoms with E-state index < -0.39 is 26.0 Å². The number of ether oxygens (including phenoxy) is 1. The van der Waals surface area contributed by atoms with Gasteiger partial charge in [-0.3, -0.25) is 19.8 Å². The van der Waals surface area contributed by atoms with Gasteiger partial charge in [0.05, 0.1) is 18.6 Å². The number of nitrogens with one attached hydrogen (secondary N) is 1. The molecule has 1 atom stereocenters. The molecular formula is C27H32N4O6S2. The van der Waals surface area contributed by atoms with Crippen LogP contribution in [0.15, 0.2) is 83.6 Å². The highest BCUT2D eigenvalue weighted by Gasteiger charge is 2.33. The Bertz CT molecular complexity index is 1370. The van der Waals surface area contributed by atoms with Crippen molar-refractivity contribution in [3.63, 3.8) is 0 Å². The minimum absolute atomic E-state index is 0.0902. The van der Waals surface area contributed by atoms with Gasteiger partial charge in [0, 0.05) is 41.7 Å². The van der Waals surface area contributed by atoms with E-state index in [1.165, 1.54) is 36.4 Å². The molecule has 0 spiro atoms. The molecule has 3 aromatic rings. The number of thiophene rings is 1. The van der Waals surface area contributed by atoms with Crippen LogP contribution in [0, 0.1) is 10.1 Å². The van der Waals surface area contributed by atoms with Gasteiger partial charge in [0.1, 0.15) is 15.3 Å². The highest BCUT2D eigenvalue weighted by atomic mass is 32.2. The second-order valence-corrected chi connectivity index (χ2v) is 12.2. The topological polar surface area (TPSA) is 145 Å². The zero-order chi connectivity index (χ0) is 28.4. The number of nitrogens with zero attached hydrogens (tertiary/aromatic N) is 2. The smallest absolute Gasteiger partial charge is 0.270 e. The van der Waals surface area contributed by atoms with Crippen molar-refractivity contribution >= 4 is 32.8 Å². The number of sulfone groups is 1. The molecule has 1 saturated heterocycles. The molecule has 2 heterocycles. The third-order valence-corrected chi connectivity index (χ3v) is 9.74. The fourth-order valence-electron chi connectivity index (χ4n) is 3.96. The molecule has 1 aliphatic rings. The summed E-state index contributed by atoms with van der Waals surface area (Å²) in [6, 6.07) is 18.4. The number of para-hydroxylation sites is 1. The lowest BCUT2D eigenvalue weighted by Crippen LogP contribution is -2.47. The number of hydrogen-bond acceptors (Lipinski definition) is 9. The quantitative estimate of drug-likeness (QED) is 0.222. The highest BCUT2D eigenvalue weighted by molar-refractivity contribution is 7.94. The maximum atomic E-state index is 13.1. The number of piperidine rings is 1. The van der Waals surface area contributed by atoms with Gasteiger partial charge in [0.2, 0.25) is 9.84 Å². The minimum Gasteiger partial charge on any atom is -0.497 e. The van der Waals surface area contributed by atoms with E-state index >= 15 is 0 Å². The van der Waals surface area contributed by atoms with Gasteiger partial charge in [-0.2, -0.15) is 0 Å². The van der Waals surface area contributed by atoms with Gasteiger partial charge in [-0.05, 0) is 43.2 Å². The predicted octanol–water partition coefficient (Wildman–Crippen LogP) is 3.99. The number of nitro benzene ring substituents is 1. The van der Waals surface area contributed by atoms with Gasteiger partial charge in [0.25, 0.3) is 11.6 Å². The zero-order valence-electron chi connectivity index (χ0n) is 21.6. The van der Waals surface area contributed by atoms with Gasteiger partial charge in [-0.15, -0.1) is 17.9 Å². The summed E-state index contributed by atoms with van der Waals surface area (Å²) in [7, 11) is -1.99. The first-order valence-electron chi connectivity index (χ1n) is 12.2. The standard InChI is InChI=1S/C20H24N4O5S2.C7H8O/c1-2-18(23-10-8-15(21)9-11-23)31(28,29)19-7-6-17(30-19)13-22-20(25)14-4-3-5-16(12-14)24(26)27;1-8-7-5-3-2-4-6-7/h2-7,12,15,18H,1,8-11,13,21H2,(H,22,25);2-6H,1H3. The Balaban J connectivity index is 0.000000449. The van der Waals surface area contributed by atoms with Crippen LogP contribution in [0.5, 0.6) is 5.75 Å². The molecule has 12 heteroatoms. The van der Waals surface area contributed by atoms with E-state index in [9.17, 15) is 23.3 Å². The molecule has 1 fully saturated rings. The van der Waals surface area contributed by atoms with Gasteiger partial charge in [0.15, 0.2) is 0 Å². The van der Waals surface area contributed by atoms with Crippen molar-refractivity contribution in [2.75, 3.05) is 20.2 Å². The molecule has 0 radical (unpaired) electrons. The van der Waals surface area contributed by atoms with Crippen molar-refractivity contribution in [3.8, 4) is 5.75 Å². The molecular weight excluding hydrogens is 540 g/mol. The van der Waals surface area contributed by atoms with Crippen LogP contribution in [0.4, 0.5) is 5.69 Å². The number of nitrogens with two attached hydrogens (primary N) is 1. The number of rotatable bonds is 9. The predicted molar refractivity (Wildman–Crippen MR) is 152 cm³/mol. The van der Waals surface area contributed by atoms with Gasteiger partial charge < -0.3 is 15.8 Å². The second-order valence-electron chi connectivity index (χ2n) is 8.77. The number of nitro groups is 1. The van der Waals surface area contributed by atoms with Crippen LogP contribution >= 0.6 is 11.3 Å². The largest absolute Gasteiger partial charge is 0.497 e. The fourth-order valence-corrected chi connectivity index (χ4v) is 7.07. The Morgan fingerprint density at radius 3 is 2.49 bits per heavy atom. The van der Waals surface area contributed by atoms with Crippen molar-refractivity contribution < 1.29 is 22.9 Å². The van der Waals surface area contributed by atoms with E-state index in [4.69, 9.17) is 10.5 Å². The molecule has 4 rings (SSSR count). The molecule has 10 nitrogen and oxygen atoms in total. The van der Waals surface area contributed by atoms with E-state index in [2.05, 4.69) is 11.9 Å². The second kappa shape index (κ2) is 14.0. The van der Waals surface area contributed by atoms with E-state index in [0.717, 1.165) is 29.9 Å².